The number of rotatable bonds is 3. The summed E-state index contributed by atoms with van der Waals surface area (Å²) in [5, 5.41) is 8.86. The van der Waals surface area contributed by atoms with Gasteiger partial charge < -0.3 is 9.84 Å². The lowest BCUT2D eigenvalue weighted by Crippen LogP contribution is -2.51. The molecule has 0 unspecified atom stereocenters. The molecule has 0 atom stereocenters. The van der Waals surface area contributed by atoms with Crippen LogP contribution in [0.2, 0.25) is 0 Å². The Morgan fingerprint density at radius 1 is 1.40 bits per heavy atom. The first-order valence-electron chi connectivity index (χ1n) is 4.49. The molecule has 0 spiro atoms. The lowest BCUT2D eigenvalue weighted by molar-refractivity contribution is -0.162. The highest BCUT2D eigenvalue weighted by Gasteiger charge is 2.36. The van der Waals surface area contributed by atoms with Gasteiger partial charge in [0.1, 0.15) is 13.2 Å². The second kappa shape index (κ2) is 3.98. The highest BCUT2D eigenvalue weighted by Crippen LogP contribution is 2.18. The van der Waals surface area contributed by atoms with Crippen molar-refractivity contribution in [1.82, 2.24) is 4.90 Å². The smallest absolute Gasteiger partial charge is 0.310 e. The number of imide groups is 1. The number of amides is 2. The van der Waals surface area contributed by atoms with Crippen molar-refractivity contribution < 1.29 is 24.2 Å². The van der Waals surface area contributed by atoms with Gasteiger partial charge in [0.2, 0.25) is 0 Å². The normalized spacial score (nSPS) is 18.1. The number of carboxylic acids is 1. The number of hydrogen-bond donors (Lipinski definition) is 1. The molecule has 1 aliphatic rings. The highest BCUT2D eigenvalue weighted by atomic mass is 16.5. The van der Waals surface area contributed by atoms with E-state index in [9.17, 15) is 14.4 Å². The molecule has 0 aliphatic carbocycles. The summed E-state index contributed by atoms with van der Waals surface area (Å²) in [6, 6.07) is 0. The van der Waals surface area contributed by atoms with E-state index in [4.69, 9.17) is 9.84 Å². The molecule has 0 aromatic carbocycles. The van der Waals surface area contributed by atoms with Crippen LogP contribution in [0.1, 0.15) is 13.8 Å². The topological polar surface area (TPSA) is 83.9 Å². The Morgan fingerprint density at radius 3 is 2.27 bits per heavy atom. The minimum absolute atomic E-state index is 0.122. The van der Waals surface area contributed by atoms with Gasteiger partial charge in [-0.1, -0.05) is 0 Å². The van der Waals surface area contributed by atoms with Crippen molar-refractivity contribution in [3.63, 3.8) is 0 Å². The number of morpholine rings is 1. The molecule has 0 bridgehead atoms. The van der Waals surface area contributed by atoms with Crippen molar-refractivity contribution in [1.29, 1.82) is 0 Å². The predicted octanol–water partition coefficient (Wildman–Crippen LogP) is -0.517. The van der Waals surface area contributed by atoms with Gasteiger partial charge in [0.05, 0.1) is 5.41 Å². The van der Waals surface area contributed by atoms with E-state index in [2.05, 4.69) is 0 Å². The Labute approximate surface area is 86.8 Å². The van der Waals surface area contributed by atoms with Crippen molar-refractivity contribution in [2.75, 3.05) is 19.8 Å². The molecule has 1 saturated heterocycles. The fourth-order valence-electron chi connectivity index (χ4n) is 1.16. The molecule has 15 heavy (non-hydrogen) atoms. The average Bonchev–Trinajstić information content (AvgIpc) is 2.11. The van der Waals surface area contributed by atoms with Crippen LogP contribution >= 0.6 is 0 Å². The van der Waals surface area contributed by atoms with Crippen LogP contribution in [0.5, 0.6) is 0 Å². The van der Waals surface area contributed by atoms with Gasteiger partial charge >= 0.3 is 5.97 Å². The summed E-state index contributed by atoms with van der Waals surface area (Å²) in [6.45, 7) is 2.48. The predicted molar refractivity (Wildman–Crippen MR) is 49.0 cm³/mol. The van der Waals surface area contributed by atoms with Crippen LogP contribution in [0.4, 0.5) is 0 Å². The van der Waals surface area contributed by atoms with Crippen molar-refractivity contribution in [2.24, 2.45) is 5.41 Å². The molecule has 1 N–H and O–H groups in total. The fraction of sp³-hybridized carbons (Fsp3) is 0.667. The Hall–Kier alpha value is -1.43. The third-order valence-corrected chi connectivity index (χ3v) is 2.19. The summed E-state index contributed by atoms with van der Waals surface area (Å²) in [7, 11) is 0. The molecule has 0 aromatic heterocycles. The van der Waals surface area contributed by atoms with Crippen LogP contribution in [0.3, 0.4) is 0 Å². The van der Waals surface area contributed by atoms with Gasteiger partial charge in [-0.15, -0.1) is 0 Å². The zero-order valence-electron chi connectivity index (χ0n) is 8.65. The summed E-state index contributed by atoms with van der Waals surface area (Å²) in [6.07, 6.45) is 0. The number of carbonyl (C=O) groups excluding carboxylic acids is 2. The molecule has 1 heterocycles. The molecule has 6 heteroatoms. The van der Waals surface area contributed by atoms with Crippen molar-refractivity contribution in [3.8, 4) is 0 Å². The highest BCUT2D eigenvalue weighted by molar-refractivity contribution is 5.98. The quantitative estimate of drug-likeness (QED) is 0.640. The van der Waals surface area contributed by atoms with Crippen LogP contribution in [-0.2, 0) is 19.1 Å². The Balaban J connectivity index is 2.75. The Morgan fingerprint density at radius 2 is 1.87 bits per heavy atom. The van der Waals surface area contributed by atoms with Crippen LogP contribution < -0.4 is 0 Å². The molecule has 0 saturated carbocycles. The van der Waals surface area contributed by atoms with E-state index >= 15 is 0 Å². The van der Waals surface area contributed by atoms with E-state index in [0.29, 0.717) is 0 Å². The lowest BCUT2D eigenvalue weighted by Gasteiger charge is -2.30. The van der Waals surface area contributed by atoms with E-state index in [1.54, 1.807) is 0 Å². The van der Waals surface area contributed by atoms with Crippen LogP contribution in [0.15, 0.2) is 0 Å². The minimum Gasteiger partial charge on any atom is -0.481 e. The van der Waals surface area contributed by atoms with Gasteiger partial charge in [-0.3, -0.25) is 19.3 Å². The monoisotopic (exact) mass is 215 g/mol. The van der Waals surface area contributed by atoms with Crippen LogP contribution in [-0.4, -0.2) is 47.5 Å². The van der Waals surface area contributed by atoms with Crippen molar-refractivity contribution >= 4 is 17.8 Å². The molecule has 6 nitrogen and oxygen atoms in total. The van der Waals surface area contributed by atoms with E-state index < -0.39 is 23.2 Å². The zero-order valence-corrected chi connectivity index (χ0v) is 8.65. The molecule has 84 valence electrons. The van der Waals surface area contributed by atoms with Gasteiger partial charge in [-0.2, -0.15) is 0 Å². The summed E-state index contributed by atoms with van der Waals surface area (Å²) in [5.41, 5.74) is -1.14. The molecule has 1 aliphatic heterocycles. The fourth-order valence-corrected chi connectivity index (χ4v) is 1.16. The lowest BCUT2D eigenvalue weighted by atomic mass is 9.93. The van der Waals surface area contributed by atoms with Crippen LogP contribution in [0, 0.1) is 5.41 Å². The maximum absolute atomic E-state index is 11.3. The number of ether oxygens (including phenoxy) is 1. The third kappa shape index (κ3) is 2.53. The largest absolute Gasteiger partial charge is 0.481 e. The maximum Gasteiger partial charge on any atom is 0.310 e. The average molecular weight is 215 g/mol. The first-order valence-corrected chi connectivity index (χ1v) is 4.49. The van der Waals surface area contributed by atoms with Gasteiger partial charge in [0, 0.05) is 6.54 Å². The molecule has 1 rings (SSSR count). The second-order valence-corrected chi connectivity index (χ2v) is 4.06. The summed E-state index contributed by atoms with van der Waals surface area (Å²) >= 11 is 0. The molecule has 0 aromatic rings. The molecule has 1 fully saturated rings. The number of aliphatic carboxylic acids is 1. The van der Waals surface area contributed by atoms with Crippen molar-refractivity contribution in [2.45, 2.75) is 13.8 Å². The Kier molecular flexibility index (Phi) is 3.09. The van der Waals surface area contributed by atoms with Gasteiger partial charge in [-0.05, 0) is 13.8 Å². The molecular formula is C9H13NO5. The van der Waals surface area contributed by atoms with Crippen LogP contribution in [0.25, 0.3) is 0 Å². The number of nitrogens with zero attached hydrogens (tertiary/aromatic N) is 1. The van der Waals surface area contributed by atoms with Gasteiger partial charge in [-0.25, -0.2) is 0 Å². The minimum atomic E-state index is -1.14. The van der Waals surface area contributed by atoms with Gasteiger partial charge in [0.25, 0.3) is 11.8 Å². The van der Waals surface area contributed by atoms with Gasteiger partial charge in [0.15, 0.2) is 0 Å². The summed E-state index contributed by atoms with van der Waals surface area (Å²) in [5.74, 6) is -2.02. The van der Waals surface area contributed by atoms with E-state index in [-0.39, 0.29) is 19.8 Å². The maximum atomic E-state index is 11.3. The molecule has 2 amide bonds. The number of carboxylic acid groups (broad SMARTS) is 1. The number of carbonyl (C=O) groups is 3. The molecular weight excluding hydrogens is 202 g/mol. The zero-order chi connectivity index (χ0) is 11.6. The SMILES string of the molecule is CC(C)(CN1C(=O)COCC1=O)C(=O)O. The molecule has 0 radical (unpaired) electrons. The van der Waals surface area contributed by atoms with Crippen molar-refractivity contribution in [3.05, 3.63) is 0 Å². The summed E-state index contributed by atoms with van der Waals surface area (Å²) in [4.78, 5) is 34.4. The number of hydrogen-bond acceptors (Lipinski definition) is 4. The first kappa shape index (κ1) is 11.6. The first-order chi connectivity index (χ1) is 6.84. The van der Waals surface area contributed by atoms with E-state index in [1.165, 1.54) is 13.8 Å². The Bertz CT molecular complexity index is 294. The standard InChI is InChI=1S/C9H13NO5/c1-9(2,8(13)14)5-10-6(11)3-15-4-7(10)12/h3-5H2,1-2H3,(H,13,14). The van der Waals surface area contributed by atoms with E-state index in [1.807, 2.05) is 0 Å². The summed E-state index contributed by atoms with van der Waals surface area (Å²) < 4.78 is 4.71. The third-order valence-electron chi connectivity index (χ3n) is 2.19. The second-order valence-electron chi connectivity index (χ2n) is 4.06. The van der Waals surface area contributed by atoms with E-state index in [0.717, 1.165) is 4.90 Å².